The molecule has 2 aromatic rings. The Kier molecular flexibility index (Phi) is 6.87. The summed E-state index contributed by atoms with van der Waals surface area (Å²) >= 11 is 3.32. The molecular formula is C21H26BrNO3S. The van der Waals surface area contributed by atoms with E-state index in [1.54, 1.807) is 18.2 Å². The molecule has 1 amide bonds. The smallest absolute Gasteiger partial charge is 0.235 e. The predicted molar refractivity (Wildman–Crippen MR) is 113 cm³/mol. The van der Waals surface area contributed by atoms with E-state index in [0.717, 1.165) is 10.0 Å². The Bertz CT molecular complexity index is 900. The maximum Gasteiger partial charge on any atom is 0.235 e. The maximum atomic E-state index is 12.3. The van der Waals surface area contributed by atoms with Gasteiger partial charge in [-0.1, -0.05) is 73.1 Å². The van der Waals surface area contributed by atoms with Crippen molar-refractivity contribution in [2.45, 2.75) is 44.9 Å². The van der Waals surface area contributed by atoms with Crippen molar-refractivity contribution in [3.05, 3.63) is 69.7 Å². The van der Waals surface area contributed by atoms with E-state index in [1.165, 1.54) is 5.56 Å². The lowest BCUT2D eigenvalue weighted by Gasteiger charge is -2.20. The molecule has 0 bridgehead atoms. The fraction of sp³-hybridized carbons (Fsp3) is 0.381. The first-order chi connectivity index (χ1) is 12.5. The van der Waals surface area contributed by atoms with Crippen LogP contribution in [0, 0.1) is 0 Å². The van der Waals surface area contributed by atoms with Crippen molar-refractivity contribution in [1.82, 2.24) is 5.32 Å². The van der Waals surface area contributed by atoms with Crippen molar-refractivity contribution in [2.24, 2.45) is 0 Å². The summed E-state index contributed by atoms with van der Waals surface area (Å²) in [5, 5.41) is 2.78. The van der Waals surface area contributed by atoms with Gasteiger partial charge in [-0.2, -0.15) is 0 Å². The van der Waals surface area contributed by atoms with Gasteiger partial charge in [0.1, 0.15) is 5.75 Å². The summed E-state index contributed by atoms with van der Waals surface area (Å²) in [6, 6.07) is 14.9. The van der Waals surface area contributed by atoms with E-state index in [1.807, 2.05) is 37.3 Å². The van der Waals surface area contributed by atoms with Crippen molar-refractivity contribution in [3.63, 3.8) is 0 Å². The highest BCUT2D eigenvalue weighted by atomic mass is 79.9. The highest BCUT2D eigenvalue weighted by Crippen LogP contribution is 2.24. The summed E-state index contributed by atoms with van der Waals surface area (Å²) in [7, 11) is -3.54. The summed E-state index contributed by atoms with van der Waals surface area (Å²) in [6.45, 7) is 8.28. The molecule has 0 fully saturated rings. The molecule has 0 saturated carbocycles. The minimum atomic E-state index is -3.54. The van der Waals surface area contributed by atoms with Gasteiger partial charge in [-0.15, -0.1) is 0 Å². The van der Waals surface area contributed by atoms with Crippen LogP contribution < -0.4 is 5.32 Å². The summed E-state index contributed by atoms with van der Waals surface area (Å²) in [5.74, 6) is -1.17. The Balaban J connectivity index is 1.97. The van der Waals surface area contributed by atoms with Crippen molar-refractivity contribution in [1.29, 1.82) is 0 Å². The molecule has 0 aromatic heterocycles. The van der Waals surface area contributed by atoms with Crippen molar-refractivity contribution < 1.29 is 13.2 Å². The molecule has 0 saturated heterocycles. The molecule has 2 aromatic carbocycles. The second-order valence-electron chi connectivity index (χ2n) is 7.82. The summed E-state index contributed by atoms with van der Waals surface area (Å²) in [6.07, 6.45) is 0. The second kappa shape index (κ2) is 8.57. The molecule has 0 aliphatic carbocycles. The molecule has 0 aliphatic heterocycles. The molecular weight excluding hydrogens is 426 g/mol. The molecule has 2 rings (SSSR count). The lowest BCUT2D eigenvalue weighted by Crippen LogP contribution is -2.32. The van der Waals surface area contributed by atoms with Crippen LogP contribution in [-0.2, 0) is 25.8 Å². The van der Waals surface area contributed by atoms with Crippen LogP contribution in [0.1, 0.15) is 50.4 Å². The average molecular weight is 452 g/mol. The molecule has 1 N–H and O–H groups in total. The van der Waals surface area contributed by atoms with Crippen LogP contribution in [-0.4, -0.2) is 20.1 Å². The number of hydrogen-bond acceptors (Lipinski definition) is 3. The average Bonchev–Trinajstić information content (AvgIpc) is 2.52. The zero-order chi connectivity index (χ0) is 20.2. The summed E-state index contributed by atoms with van der Waals surface area (Å²) < 4.78 is 25.4. The van der Waals surface area contributed by atoms with Gasteiger partial charge in [0.15, 0.2) is 9.84 Å². The number of nitrogens with one attached hydrogen (secondary N) is 1. The minimum Gasteiger partial charge on any atom is -0.349 e. The van der Waals surface area contributed by atoms with E-state index >= 15 is 0 Å². The van der Waals surface area contributed by atoms with Gasteiger partial charge >= 0.3 is 0 Å². The Hall–Kier alpha value is -1.66. The fourth-order valence-corrected chi connectivity index (χ4v) is 4.49. The van der Waals surface area contributed by atoms with Gasteiger partial charge in [0.25, 0.3) is 0 Å². The number of benzene rings is 2. The Labute approximate surface area is 170 Å². The van der Waals surface area contributed by atoms with E-state index in [0.29, 0.717) is 5.56 Å². The van der Waals surface area contributed by atoms with Crippen LogP contribution >= 0.6 is 15.9 Å². The molecule has 0 aliphatic rings. The number of hydrogen-bond donors (Lipinski definition) is 1. The van der Waals surface area contributed by atoms with Crippen LogP contribution in [0.3, 0.4) is 0 Å². The minimum absolute atomic E-state index is 0.0610. The van der Waals surface area contributed by atoms with E-state index in [2.05, 4.69) is 42.0 Å². The van der Waals surface area contributed by atoms with Gasteiger partial charge in [0.2, 0.25) is 5.91 Å². The molecule has 0 spiro atoms. The number of carbonyl (C=O) groups excluding carboxylic acids is 1. The monoisotopic (exact) mass is 451 g/mol. The molecule has 1 atom stereocenters. The third-order valence-corrected chi connectivity index (χ3v) is 6.25. The lowest BCUT2D eigenvalue weighted by molar-refractivity contribution is -0.119. The van der Waals surface area contributed by atoms with Gasteiger partial charge in [0.05, 0.1) is 11.8 Å². The first-order valence-electron chi connectivity index (χ1n) is 8.81. The normalized spacial score (nSPS) is 13.2. The standard InChI is InChI=1S/C21H26BrNO3S/c1-15(17-8-10-18(11-9-17)21(2,3)4)23-20(24)14-27(25,26)13-16-6-5-7-19(22)12-16/h5-12,15H,13-14H2,1-4H3,(H,23,24). The van der Waals surface area contributed by atoms with Crippen molar-refractivity contribution in [2.75, 3.05) is 5.75 Å². The largest absolute Gasteiger partial charge is 0.349 e. The molecule has 0 radical (unpaired) electrons. The maximum absolute atomic E-state index is 12.3. The molecule has 4 nitrogen and oxygen atoms in total. The molecule has 0 heterocycles. The third-order valence-electron chi connectivity index (χ3n) is 4.28. The van der Waals surface area contributed by atoms with Crippen LogP contribution in [0.5, 0.6) is 0 Å². The first-order valence-corrected chi connectivity index (χ1v) is 11.4. The van der Waals surface area contributed by atoms with Gasteiger partial charge in [-0.05, 0) is 41.2 Å². The van der Waals surface area contributed by atoms with Crippen molar-refractivity contribution in [3.8, 4) is 0 Å². The van der Waals surface area contributed by atoms with E-state index in [-0.39, 0.29) is 17.2 Å². The molecule has 146 valence electrons. The summed E-state index contributed by atoms with van der Waals surface area (Å²) in [5.41, 5.74) is 2.87. The predicted octanol–water partition coefficient (Wildman–Crippen LogP) is 4.54. The van der Waals surface area contributed by atoms with Gasteiger partial charge < -0.3 is 5.32 Å². The summed E-state index contributed by atoms with van der Waals surface area (Å²) in [4.78, 5) is 12.2. The van der Waals surface area contributed by atoms with Crippen LogP contribution in [0.25, 0.3) is 0 Å². The number of carbonyl (C=O) groups is 1. The topological polar surface area (TPSA) is 63.2 Å². The Morgan fingerprint density at radius 1 is 1.11 bits per heavy atom. The zero-order valence-electron chi connectivity index (χ0n) is 16.1. The fourth-order valence-electron chi connectivity index (χ4n) is 2.77. The van der Waals surface area contributed by atoms with Crippen molar-refractivity contribution >= 4 is 31.7 Å². The zero-order valence-corrected chi connectivity index (χ0v) is 18.5. The second-order valence-corrected chi connectivity index (χ2v) is 10.8. The number of amides is 1. The molecule has 27 heavy (non-hydrogen) atoms. The number of sulfone groups is 1. The van der Waals surface area contributed by atoms with E-state index in [4.69, 9.17) is 0 Å². The van der Waals surface area contributed by atoms with Gasteiger partial charge in [0, 0.05) is 4.47 Å². The van der Waals surface area contributed by atoms with E-state index in [9.17, 15) is 13.2 Å². The quantitative estimate of drug-likeness (QED) is 0.700. The Morgan fingerprint density at radius 3 is 2.30 bits per heavy atom. The Morgan fingerprint density at radius 2 is 1.74 bits per heavy atom. The van der Waals surface area contributed by atoms with Crippen LogP contribution in [0.2, 0.25) is 0 Å². The highest BCUT2D eigenvalue weighted by Gasteiger charge is 2.20. The lowest BCUT2D eigenvalue weighted by atomic mass is 9.86. The third kappa shape index (κ3) is 6.78. The van der Waals surface area contributed by atoms with Crippen LogP contribution in [0.15, 0.2) is 53.0 Å². The van der Waals surface area contributed by atoms with Gasteiger partial charge in [-0.25, -0.2) is 8.42 Å². The molecule has 1 unspecified atom stereocenters. The highest BCUT2D eigenvalue weighted by molar-refractivity contribution is 9.10. The number of halogens is 1. The van der Waals surface area contributed by atoms with E-state index < -0.39 is 21.5 Å². The van der Waals surface area contributed by atoms with Crippen LogP contribution in [0.4, 0.5) is 0 Å². The number of rotatable bonds is 6. The first kappa shape index (κ1) is 21.6. The molecule has 6 heteroatoms. The SMILES string of the molecule is CC(NC(=O)CS(=O)(=O)Cc1cccc(Br)c1)c1ccc(C(C)(C)C)cc1. The van der Waals surface area contributed by atoms with Gasteiger partial charge in [-0.3, -0.25) is 4.79 Å².